The van der Waals surface area contributed by atoms with Crippen molar-refractivity contribution in [1.29, 1.82) is 0 Å². The van der Waals surface area contributed by atoms with Crippen molar-refractivity contribution in [3.05, 3.63) is 59.7 Å². The maximum atomic E-state index is 11.4. The molecule has 2 heterocycles. The Balaban J connectivity index is 0.000000182. The molecule has 0 radical (unpaired) electrons. The molecule has 3 aromatic rings. The molecule has 5 N–H and O–H groups in total. The lowest BCUT2D eigenvalue weighted by Crippen LogP contribution is -2.39. The second-order valence-electron chi connectivity index (χ2n) is 7.95. The van der Waals surface area contributed by atoms with E-state index in [1.54, 1.807) is 38.1 Å². The maximum absolute atomic E-state index is 11.4. The molecule has 0 spiro atoms. The average molecular weight is 460 g/mol. The summed E-state index contributed by atoms with van der Waals surface area (Å²) >= 11 is 5.80. The number of H-pyrrole nitrogens is 1. The Kier molecular flexibility index (Phi) is 7.25. The second-order valence-corrected chi connectivity index (χ2v) is 8.39. The van der Waals surface area contributed by atoms with Gasteiger partial charge in [-0.1, -0.05) is 30.3 Å². The zero-order valence-corrected chi connectivity index (χ0v) is 18.5. The lowest BCUT2D eigenvalue weighted by Gasteiger charge is -2.33. The molecular weight excluding hydrogens is 434 g/mol. The summed E-state index contributed by atoms with van der Waals surface area (Å²) in [6.45, 7) is 6.83. The highest BCUT2D eigenvalue weighted by Gasteiger charge is 2.45. The Morgan fingerprint density at radius 3 is 2.50 bits per heavy atom. The van der Waals surface area contributed by atoms with Crippen LogP contribution in [0.15, 0.2) is 49.1 Å². The fourth-order valence-electron chi connectivity index (χ4n) is 3.65. The van der Waals surface area contributed by atoms with Gasteiger partial charge in [-0.3, -0.25) is 4.79 Å². The number of aliphatic hydroxyl groups excluding tert-OH is 2. The van der Waals surface area contributed by atoms with E-state index in [1.165, 1.54) is 12.7 Å². The maximum Gasteiger partial charge on any atom is 0.251 e. The van der Waals surface area contributed by atoms with Gasteiger partial charge in [0, 0.05) is 16.5 Å². The average Bonchev–Trinajstić information content (AvgIpc) is 3.36. The molecule has 1 aromatic carbocycles. The van der Waals surface area contributed by atoms with Gasteiger partial charge < -0.3 is 25.6 Å². The number of aliphatic hydroxyl groups is 3. The molecule has 1 fully saturated rings. The van der Waals surface area contributed by atoms with Gasteiger partial charge in [-0.15, -0.1) is 0 Å². The monoisotopic (exact) mass is 459 g/mol. The summed E-state index contributed by atoms with van der Waals surface area (Å²) in [5, 5.41) is 33.2. The highest BCUT2D eigenvalue weighted by Crippen LogP contribution is 2.40. The van der Waals surface area contributed by atoms with Crippen molar-refractivity contribution in [2.45, 2.75) is 44.5 Å². The van der Waals surface area contributed by atoms with Crippen LogP contribution < -0.4 is 5.32 Å². The summed E-state index contributed by atoms with van der Waals surface area (Å²) in [5.41, 5.74) is 1.09. The first-order valence-corrected chi connectivity index (χ1v) is 10.4. The van der Waals surface area contributed by atoms with Gasteiger partial charge in [-0.25, -0.2) is 15.0 Å². The number of hydrogen-bond donors (Lipinski definition) is 5. The summed E-state index contributed by atoms with van der Waals surface area (Å²) in [7, 11) is 0. The quantitative estimate of drug-likeness (QED) is 0.377. The summed E-state index contributed by atoms with van der Waals surface area (Å²) in [6.07, 6.45) is 2.36. The van der Waals surface area contributed by atoms with Crippen molar-refractivity contribution < 1.29 is 20.1 Å². The Hall–Kier alpha value is -2.85. The zero-order chi connectivity index (χ0) is 23.5. The van der Waals surface area contributed by atoms with Crippen molar-refractivity contribution in [2.24, 2.45) is 5.92 Å². The predicted molar refractivity (Wildman–Crippen MR) is 121 cm³/mol. The number of amides is 1. The van der Waals surface area contributed by atoms with Crippen LogP contribution in [0.1, 0.15) is 32.3 Å². The number of carbonyl (C=O) groups is 1. The topological polar surface area (TPSA) is 144 Å². The minimum atomic E-state index is -1.15. The molecule has 4 rings (SSSR count). The molecule has 4 atom stereocenters. The van der Waals surface area contributed by atoms with Crippen molar-refractivity contribution in [3.63, 3.8) is 0 Å². The number of anilines is 1. The van der Waals surface area contributed by atoms with Crippen LogP contribution in [-0.4, -0.2) is 53.4 Å². The molecule has 9 nitrogen and oxygen atoms in total. The number of aromatic amines is 1. The lowest BCUT2D eigenvalue weighted by atomic mass is 9.80. The Morgan fingerprint density at radius 1 is 1.22 bits per heavy atom. The number of nitrogens with zero attached hydrogens (tertiary/aromatic N) is 3. The summed E-state index contributed by atoms with van der Waals surface area (Å²) in [5.74, 6) is -0.214. The van der Waals surface area contributed by atoms with E-state index in [4.69, 9.17) is 11.6 Å². The molecule has 0 bridgehead atoms. The number of halogens is 1. The second kappa shape index (κ2) is 9.74. The van der Waals surface area contributed by atoms with Crippen LogP contribution in [-0.2, 0) is 10.4 Å². The first kappa shape index (κ1) is 23.8. The molecule has 2 aromatic heterocycles. The predicted octanol–water partition coefficient (Wildman–Crippen LogP) is 2.55. The molecule has 1 saturated carbocycles. The van der Waals surface area contributed by atoms with E-state index < -0.39 is 17.8 Å². The highest BCUT2D eigenvalue weighted by molar-refractivity contribution is 6.30. The number of fused-ring (bicyclic) bond motifs is 1. The molecule has 1 aliphatic rings. The Bertz CT molecular complexity index is 1100. The third-order valence-electron chi connectivity index (χ3n) is 5.57. The number of carbonyl (C=O) groups excluding carboxylic acids is 1. The highest BCUT2D eigenvalue weighted by atomic mass is 35.5. The SMILES string of the molecule is C=C(C)C(=O)Nc1ncnc2nc[nH]c12.CC(O)(c1ccc(Cl)cc1)C1CCC(O)C1O. The van der Waals surface area contributed by atoms with Crippen LogP contribution in [0.5, 0.6) is 0 Å². The lowest BCUT2D eigenvalue weighted by molar-refractivity contribution is -0.112. The van der Waals surface area contributed by atoms with E-state index in [-0.39, 0.29) is 11.8 Å². The van der Waals surface area contributed by atoms with E-state index >= 15 is 0 Å². The van der Waals surface area contributed by atoms with Gasteiger partial charge in [0.05, 0.1) is 24.1 Å². The van der Waals surface area contributed by atoms with Crippen LogP contribution >= 0.6 is 11.6 Å². The molecule has 4 unspecified atom stereocenters. The van der Waals surface area contributed by atoms with Crippen molar-refractivity contribution in [2.75, 3.05) is 5.32 Å². The number of benzene rings is 1. The molecule has 10 heteroatoms. The van der Waals surface area contributed by atoms with Crippen LogP contribution in [0.2, 0.25) is 5.02 Å². The minimum Gasteiger partial charge on any atom is -0.390 e. The van der Waals surface area contributed by atoms with Gasteiger partial charge in [-0.05, 0) is 44.4 Å². The smallest absolute Gasteiger partial charge is 0.251 e. The van der Waals surface area contributed by atoms with Gasteiger partial charge in [-0.2, -0.15) is 0 Å². The van der Waals surface area contributed by atoms with E-state index in [1.807, 2.05) is 0 Å². The van der Waals surface area contributed by atoms with E-state index in [0.717, 1.165) is 0 Å². The number of rotatable bonds is 4. The first-order valence-electron chi connectivity index (χ1n) is 10.1. The Morgan fingerprint density at radius 2 is 1.91 bits per heavy atom. The van der Waals surface area contributed by atoms with Gasteiger partial charge in [0.15, 0.2) is 11.5 Å². The summed E-state index contributed by atoms with van der Waals surface area (Å²) in [4.78, 5) is 26.0. The van der Waals surface area contributed by atoms with Gasteiger partial charge >= 0.3 is 0 Å². The fraction of sp³-hybridized carbons (Fsp3) is 0.364. The molecule has 32 heavy (non-hydrogen) atoms. The molecule has 1 amide bonds. The fourth-order valence-corrected chi connectivity index (χ4v) is 3.77. The van der Waals surface area contributed by atoms with E-state index in [2.05, 4.69) is 31.8 Å². The normalized spacial score (nSPS) is 22.0. The minimum absolute atomic E-state index is 0.274. The zero-order valence-electron chi connectivity index (χ0n) is 17.8. The van der Waals surface area contributed by atoms with Crippen LogP contribution in [0, 0.1) is 5.92 Å². The van der Waals surface area contributed by atoms with E-state index in [9.17, 15) is 20.1 Å². The Labute approximate surface area is 190 Å². The standard InChI is InChI=1S/C13H17ClO3.C9H9N5O/c1-13(17,8-2-4-9(14)5-3-8)10-6-7-11(15)12(10)16;1-5(2)9(15)14-8-6-7(11-3-10-6)12-4-13-8/h2-5,10-12,15-17H,6-7H2,1H3;3-4H,1H2,2H3,(H2,10,11,12,13,14,15). The van der Waals surface area contributed by atoms with Crippen molar-refractivity contribution in [1.82, 2.24) is 19.9 Å². The summed E-state index contributed by atoms with van der Waals surface area (Å²) < 4.78 is 0. The number of imidazole rings is 1. The third-order valence-corrected chi connectivity index (χ3v) is 5.83. The van der Waals surface area contributed by atoms with Crippen molar-refractivity contribution in [3.8, 4) is 0 Å². The van der Waals surface area contributed by atoms with Crippen LogP contribution in [0.4, 0.5) is 5.82 Å². The van der Waals surface area contributed by atoms with Crippen LogP contribution in [0.25, 0.3) is 11.2 Å². The number of hydrogen-bond acceptors (Lipinski definition) is 7. The molecule has 170 valence electrons. The molecule has 0 aliphatic heterocycles. The first-order chi connectivity index (χ1) is 15.1. The molecule has 0 saturated heterocycles. The summed E-state index contributed by atoms with van der Waals surface area (Å²) in [6, 6.07) is 6.92. The number of nitrogens with one attached hydrogen (secondary N) is 2. The number of aromatic nitrogens is 4. The third kappa shape index (κ3) is 5.13. The largest absolute Gasteiger partial charge is 0.390 e. The molecular formula is C22H26ClN5O4. The van der Waals surface area contributed by atoms with E-state index in [0.29, 0.717) is 46.0 Å². The van der Waals surface area contributed by atoms with Gasteiger partial charge in [0.2, 0.25) is 0 Å². The van der Waals surface area contributed by atoms with Gasteiger partial charge in [0.1, 0.15) is 11.8 Å². The van der Waals surface area contributed by atoms with Crippen molar-refractivity contribution >= 4 is 34.5 Å². The van der Waals surface area contributed by atoms with Crippen LogP contribution in [0.3, 0.4) is 0 Å². The van der Waals surface area contributed by atoms with Gasteiger partial charge in [0.25, 0.3) is 5.91 Å². The molecule has 1 aliphatic carbocycles.